The summed E-state index contributed by atoms with van der Waals surface area (Å²) in [4.78, 5) is 11.7. The van der Waals surface area contributed by atoms with Crippen molar-refractivity contribution in [3.8, 4) is 5.75 Å². The third-order valence-corrected chi connectivity index (χ3v) is 3.26. The van der Waals surface area contributed by atoms with E-state index in [0.717, 1.165) is 0 Å². The van der Waals surface area contributed by atoms with Crippen LogP contribution in [0.1, 0.15) is 5.56 Å². The van der Waals surface area contributed by atoms with Crippen LogP contribution in [0.2, 0.25) is 5.02 Å². The van der Waals surface area contributed by atoms with Gasteiger partial charge in [-0.1, -0.05) is 29.8 Å². The fourth-order valence-corrected chi connectivity index (χ4v) is 2.02. The lowest BCUT2D eigenvalue weighted by molar-refractivity contribution is -0.119. The van der Waals surface area contributed by atoms with E-state index in [2.05, 4.69) is 15.8 Å². The minimum Gasteiger partial charge on any atom is -0.495 e. The summed E-state index contributed by atoms with van der Waals surface area (Å²) >= 11 is 5.85. The smallest absolute Gasteiger partial charge is 0.259 e. The van der Waals surface area contributed by atoms with Crippen LogP contribution < -0.4 is 15.5 Å². The number of carbonyl (C=O) groups excluding carboxylic acids is 1. The minimum absolute atomic E-state index is 0.0112. The number of methoxy groups -OCH3 is 1. The van der Waals surface area contributed by atoms with Gasteiger partial charge in [0.05, 0.1) is 30.6 Å². The zero-order chi connectivity index (χ0) is 16.7. The van der Waals surface area contributed by atoms with E-state index in [1.807, 2.05) is 12.1 Å². The van der Waals surface area contributed by atoms with Crippen molar-refractivity contribution < 1.29 is 13.9 Å². The molecule has 5 nitrogen and oxygen atoms in total. The zero-order valence-corrected chi connectivity index (χ0v) is 13.1. The number of para-hydroxylation sites is 2. The molecule has 1 amide bonds. The number of hydrogen-bond acceptors (Lipinski definition) is 4. The van der Waals surface area contributed by atoms with E-state index in [1.54, 1.807) is 19.2 Å². The average Bonchev–Trinajstić information content (AvgIpc) is 2.56. The predicted octanol–water partition coefficient (Wildman–Crippen LogP) is 3.05. The number of anilines is 1. The Labute approximate surface area is 138 Å². The SMILES string of the molecule is COc1ccccc1NCC(=O)N/N=C/c1c(F)cccc1Cl. The van der Waals surface area contributed by atoms with E-state index < -0.39 is 5.82 Å². The van der Waals surface area contributed by atoms with E-state index in [4.69, 9.17) is 16.3 Å². The minimum atomic E-state index is -0.511. The molecule has 0 saturated carbocycles. The summed E-state index contributed by atoms with van der Waals surface area (Å²) < 4.78 is 18.7. The van der Waals surface area contributed by atoms with Crippen LogP contribution in [0.4, 0.5) is 10.1 Å². The van der Waals surface area contributed by atoms with Crippen LogP contribution in [-0.2, 0) is 4.79 Å². The first-order valence-corrected chi connectivity index (χ1v) is 7.12. The number of rotatable bonds is 6. The Hall–Kier alpha value is -2.60. The maximum atomic E-state index is 13.5. The molecule has 0 radical (unpaired) electrons. The molecule has 2 aromatic rings. The molecule has 2 aromatic carbocycles. The monoisotopic (exact) mass is 335 g/mol. The van der Waals surface area contributed by atoms with Gasteiger partial charge in [-0.25, -0.2) is 9.82 Å². The van der Waals surface area contributed by atoms with Gasteiger partial charge in [0.15, 0.2) is 0 Å². The average molecular weight is 336 g/mol. The second-order valence-corrected chi connectivity index (χ2v) is 4.89. The highest BCUT2D eigenvalue weighted by atomic mass is 35.5. The van der Waals surface area contributed by atoms with Gasteiger partial charge in [0.1, 0.15) is 11.6 Å². The van der Waals surface area contributed by atoms with Gasteiger partial charge < -0.3 is 10.1 Å². The molecule has 0 aliphatic heterocycles. The third-order valence-electron chi connectivity index (χ3n) is 2.93. The summed E-state index contributed by atoms with van der Waals surface area (Å²) in [5.41, 5.74) is 3.10. The number of nitrogens with one attached hydrogen (secondary N) is 2. The molecule has 23 heavy (non-hydrogen) atoms. The standard InChI is InChI=1S/C16H15ClFN3O2/c1-23-15-8-3-2-7-14(15)19-10-16(22)21-20-9-11-12(17)5-4-6-13(11)18/h2-9,19H,10H2,1H3,(H,21,22)/b20-9+. The normalized spacial score (nSPS) is 10.6. The summed E-state index contributed by atoms with van der Waals surface area (Å²) in [7, 11) is 1.54. The van der Waals surface area contributed by atoms with Crippen LogP contribution in [0.25, 0.3) is 0 Å². The lowest BCUT2D eigenvalue weighted by Crippen LogP contribution is -2.26. The van der Waals surface area contributed by atoms with Crippen molar-refractivity contribution in [1.82, 2.24) is 5.43 Å². The van der Waals surface area contributed by atoms with Crippen LogP contribution >= 0.6 is 11.6 Å². The van der Waals surface area contributed by atoms with Gasteiger partial charge in [0, 0.05) is 5.56 Å². The molecule has 2 N–H and O–H groups in total. The molecule has 0 bridgehead atoms. The molecule has 0 aromatic heterocycles. The zero-order valence-electron chi connectivity index (χ0n) is 12.3. The summed E-state index contributed by atoms with van der Waals surface area (Å²) in [6.07, 6.45) is 1.17. The van der Waals surface area contributed by atoms with Gasteiger partial charge >= 0.3 is 0 Å². The van der Waals surface area contributed by atoms with Gasteiger partial charge in [-0.2, -0.15) is 5.10 Å². The van der Waals surface area contributed by atoms with Crippen molar-refractivity contribution in [2.45, 2.75) is 0 Å². The Balaban J connectivity index is 1.89. The van der Waals surface area contributed by atoms with Crippen molar-refractivity contribution in [3.63, 3.8) is 0 Å². The predicted molar refractivity (Wildman–Crippen MR) is 88.6 cm³/mol. The number of amides is 1. The van der Waals surface area contributed by atoms with Crippen molar-refractivity contribution in [1.29, 1.82) is 0 Å². The molecule has 2 rings (SSSR count). The fraction of sp³-hybridized carbons (Fsp3) is 0.125. The first kappa shape index (κ1) is 16.8. The highest BCUT2D eigenvalue weighted by molar-refractivity contribution is 6.33. The molecule has 0 aliphatic carbocycles. The molecule has 120 valence electrons. The summed E-state index contributed by atoms with van der Waals surface area (Å²) in [5, 5.41) is 6.84. The molecular weight excluding hydrogens is 321 g/mol. The van der Waals surface area contributed by atoms with E-state index in [1.165, 1.54) is 24.4 Å². The molecule has 0 heterocycles. The van der Waals surface area contributed by atoms with E-state index in [0.29, 0.717) is 11.4 Å². The first-order valence-electron chi connectivity index (χ1n) is 6.74. The van der Waals surface area contributed by atoms with Crippen molar-refractivity contribution in [3.05, 3.63) is 58.9 Å². The molecular formula is C16H15ClFN3O2. The lowest BCUT2D eigenvalue weighted by Gasteiger charge is -2.09. The van der Waals surface area contributed by atoms with E-state index in [-0.39, 0.29) is 23.0 Å². The van der Waals surface area contributed by atoms with Crippen LogP contribution in [0.3, 0.4) is 0 Å². The quantitative estimate of drug-likeness (QED) is 0.630. The Morgan fingerprint density at radius 2 is 2.09 bits per heavy atom. The number of benzene rings is 2. The molecule has 0 saturated heterocycles. The van der Waals surface area contributed by atoms with Crippen molar-refractivity contribution in [2.24, 2.45) is 5.10 Å². The molecule has 0 unspecified atom stereocenters. The Morgan fingerprint density at radius 1 is 1.30 bits per heavy atom. The number of halogens is 2. The molecule has 0 atom stereocenters. The molecule has 0 aliphatic rings. The second kappa shape index (κ2) is 8.14. The van der Waals surface area contributed by atoms with Crippen LogP contribution in [0, 0.1) is 5.82 Å². The number of ether oxygens (including phenoxy) is 1. The third kappa shape index (κ3) is 4.69. The maximum Gasteiger partial charge on any atom is 0.259 e. The van der Waals surface area contributed by atoms with Gasteiger partial charge in [0.25, 0.3) is 5.91 Å². The topological polar surface area (TPSA) is 62.7 Å². The van der Waals surface area contributed by atoms with E-state index >= 15 is 0 Å². The van der Waals surface area contributed by atoms with Gasteiger partial charge in [-0.15, -0.1) is 0 Å². The highest BCUT2D eigenvalue weighted by Crippen LogP contribution is 2.22. The Bertz CT molecular complexity index is 702. The van der Waals surface area contributed by atoms with Gasteiger partial charge in [0.2, 0.25) is 0 Å². The van der Waals surface area contributed by atoms with Crippen LogP contribution in [0.5, 0.6) is 5.75 Å². The number of hydrogen-bond donors (Lipinski definition) is 2. The number of hydrazone groups is 1. The van der Waals surface area contributed by atoms with Crippen LogP contribution in [-0.4, -0.2) is 25.8 Å². The maximum absolute atomic E-state index is 13.5. The Kier molecular flexibility index (Phi) is 5.94. The van der Waals surface area contributed by atoms with Gasteiger partial charge in [-0.05, 0) is 24.3 Å². The molecule has 0 spiro atoms. The molecule has 0 fully saturated rings. The summed E-state index contributed by atoms with van der Waals surface area (Å²) in [6.45, 7) is -0.0112. The van der Waals surface area contributed by atoms with E-state index in [9.17, 15) is 9.18 Å². The largest absolute Gasteiger partial charge is 0.495 e. The highest BCUT2D eigenvalue weighted by Gasteiger charge is 2.05. The summed E-state index contributed by atoms with van der Waals surface area (Å²) in [5.74, 6) is -0.274. The lowest BCUT2D eigenvalue weighted by atomic mass is 10.2. The Morgan fingerprint density at radius 3 is 2.83 bits per heavy atom. The van der Waals surface area contributed by atoms with Crippen molar-refractivity contribution >= 4 is 29.4 Å². The fourth-order valence-electron chi connectivity index (χ4n) is 1.81. The molecule has 7 heteroatoms. The number of nitrogens with zero attached hydrogens (tertiary/aromatic N) is 1. The first-order chi connectivity index (χ1) is 11.1. The van der Waals surface area contributed by atoms with Crippen molar-refractivity contribution in [2.75, 3.05) is 19.0 Å². The summed E-state index contributed by atoms with van der Waals surface area (Å²) in [6, 6.07) is 11.5. The van der Waals surface area contributed by atoms with Gasteiger partial charge in [-0.3, -0.25) is 4.79 Å². The number of carbonyl (C=O) groups is 1. The van der Waals surface area contributed by atoms with Crippen LogP contribution in [0.15, 0.2) is 47.6 Å². The second-order valence-electron chi connectivity index (χ2n) is 4.48.